The Hall–Kier alpha value is -2.66. The molecule has 1 saturated heterocycles. The lowest BCUT2D eigenvalue weighted by molar-refractivity contribution is -0.137. The number of hydrogen-bond acceptors (Lipinski definition) is 5. The number of nitrogens with zero attached hydrogens (tertiary/aromatic N) is 2. The lowest BCUT2D eigenvalue weighted by atomic mass is 10.0. The number of benzene rings is 1. The summed E-state index contributed by atoms with van der Waals surface area (Å²) < 4.78 is 4.88. The average molecular weight is 380 g/mol. The van der Waals surface area contributed by atoms with Gasteiger partial charge in [-0.15, -0.1) is 0 Å². The number of carbonyl (C=O) groups excluding carboxylic acids is 1. The Balaban J connectivity index is 1.51. The highest BCUT2D eigenvalue weighted by atomic mass is 16.5. The van der Waals surface area contributed by atoms with Crippen molar-refractivity contribution < 1.29 is 9.53 Å². The molecule has 1 aliphatic rings. The molecule has 0 bridgehead atoms. The highest BCUT2D eigenvalue weighted by molar-refractivity contribution is 5.86. The van der Waals surface area contributed by atoms with Crippen LogP contribution in [0.4, 0.5) is 5.82 Å². The number of hydrogen-bond donors (Lipinski definition) is 1. The number of aromatic nitrogens is 1. The number of ether oxygens (including phenoxy) is 1. The highest BCUT2D eigenvalue weighted by Crippen LogP contribution is 2.18. The molecule has 1 aromatic heterocycles. The molecule has 0 saturated carbocycles. The van der Waals surface area contributed by atoms with E-state index < -0.39 is 0 Å². The smallest absolute Gasteiger partial charge is 0.330 e. The summed E-state index contributed by atoms with van der Waals surface area (Å²) in [6, 6.07) is 13.1. The molecule has 1 N–H and O–H groups in total. The molecule has 28 heavy (non-hydrogen) atoms. The maximum absolute atomic E-state index is 11.4. The monoisotopic (exact) mass is 379 g/mol. The quantitative estimate of drug-likeness (QED) is 0.581. The van der Waals surface area contributed by atoms with E-state index >= 15 is 0 Å². The Morgan fingerprint density at radius 2 is 2.11 bits per heavy atom. The number of nitrogens with one attached hydrogen (secondary N) is 1. The lowest BCUT2D eigenvalue weighted by Gasteiger charge is -2.33. The minimum atomic E-state index is -0.333. The van der Waals surface area contributed by atoms with Crippen LogP contribution in [-0.2, 0) is 16.1 Å². The van der Waals surface area contributed by atoms with Crippen LogP contribution in [0.2, 0.25) is 0 Å². The first-order valence-corrected chi connectivity index (χ1v) is 9.97. The normalized spacial score (nSPS) is 17.6. The topological polar surface area (TPSA) is 54.5 Å². The number of anilines is 1. The van der Waals surface area contributed by atoms with E-state index in [1.165, 1.54) is 23.6 Å². The molecule has 1 aliphatic heterocycles. The van der Waals surface area contributed by atoms with Gasteiger partial charge in [-0.05, 0) is 62.6 Å². The average Bonchev–Trinajstić information content (AvgIpc) is 2.70. The third kappa shape index (κ3) is 6.20. The summed E-state index contributed by atoms with van der Waals surface area (Å²) in [4.78, 5) is 18.4. The maximum atomic E-state index is 11.4. The molecule has 0 amide bonds. The van der Waals surface area contributed by atoms with E-state index in [0.717, 1.165) is 37.4 Å². The fraction of sp³-hybridized carbons (Fsp3) is 0.391. The minimum Gasteiger partial charge on any atom is -0.463 e. The largest absolute Gasteiger partial charge is 0.463 e. The summed E-state index contributed by atoms with van der Waals surface area (Å²) in [7, 11) is 0. The predicted octanol–water partition coefficient (Wildman–Crippen LogP) is 4.04. The molecule has 0 aliphatic carbocycles. The van der Waals surface area contributed by atoms with Crippen LogP contribution in [0.3, 0.4) is 0 Å². The fourth-order valence-corrected chi connectivity index (χ4v) is 3.42. The fourth-order valence-electron chi connectivity index (χ4n) is 3.42. The summed E-state index contributed by atoms with van der Waals surface area (Å²) in [5.74, 6) is 0.538. The Morgan fingerprint density at radius 3 is 2.82 bits per heavy atom. The molecule has 0 spiro atoms. The van der Waals surface area contributed by atoms with Crippen LogP contribution in [0.5, 0.6) is 0 Å². The van der Waals surface area contributed by atoms with Crippen molar-refractivity contribution in [2.45, 2.75) is 39.3 Å². The Morgan fingerprint density at radius 1 is 1.29 bits per heavy atom. The lowest BCUT2D eigenvalue weighted by Crippen LogP contribution is -2.41. The second-order valence-electron chi connectivity index (χ2n) is 7.27. The van der Waals surface area contributed by atoms with Crippen molar-refractivity contribution in [3.05, 3.63) is 65.4 Å². The van der Waals surface area contributed by atoms with Gasteiger partial charge < -0.3 is 10.1 Å². The molecule has 1 fully saturated rings. The second kappa shape index (κ2) is 10.0. The maximum Gasteiger partial charge on any atom is 0.330 e. The zero-order valence-electron chi connectivity index (χ0n) is 16.7. The summed E-state index contributed by atoms with van der Waals surface area (Å²) in [6.07, 6.45) is 7.25. The number of likely N-dealkylation sites (tertiary alicyclic amines) is 1. The third-order valence-corrected chi connectivity index (χ3v) is 4.87. The molecule has 1 atom stereocenters. The van der Waals surface area contributed by atoms with Crippen molar-refractivity contribution in [2.24, 2.45) is 0 Å². The zero-order valence-corrected chi connectivity index (χ0v) is 16.7. The van der Waals surface area contributed by atoms with Crippen LogP contribution in [-0.4, -0.2) is 41.6 Å². The van der Waals surface area contributed by atoms with Gasteiger partial charge in [-0.3, -0.25) is 4.90 Å². The van der Waals surface area contributed by atoms with Gasteiger partial charge in [0, 0.05) is 31.4 Å². The van der Waals surface area contributed by atoms with E-state index in [4.69, 9.17) is 4.74 Å². The molecule has 1 aromatic carbocycles. The molecule has 5 heteroatoms. The number of aryl methyl sites for hydroxylation is 1. The number of carbonyl (C=O) groups is 1. The van der Waals surface area contributed by atoms with E-state index in [-0.39, 0.29) is 5.97 Å². The predicted molar refractivity (Wildman–Crippen MR) is 113 cm³/mol. The van der Waals surface area contributed by atoms with E-state index in [1.54, 1.807) is 19.2 Å². The van der Waals surface area contributed by atoms with Crippen LogP contribution in [0.25, 0.3) is 6.08 Å². The van der Waals surface area contributed by atoms with E-state index in [2.05, 4.69) is 46.4 Å². The van der Waals surface area contributed by atoms with Gasteiger partial charge in [0.25, 0.3) is 0 Å². The standard InChI is InChI=1S/C23H29N3O2/c1-3-28-23(27)13-11-19-10-12-22(24-15-19)25-21-5-4-14-26(17-21)16-20-8-6-18(2)7-9-20/h6-13,15,21H,3-5,14,16-17H2,1-2H3,(H,24,25)/b13-11+/t21-/m1/s1. The van der Waals surface area contributed by atoms with Gasteiger partial charge in [0.15, 0.2) is 0 Å². The van der Waals surface area contributed by atoms with E-state index in [9.17, 15) is 4.79 Å². The number of rotatable bonds is 7. The van der Waals surface area contributed by atoms with Crippen LogP contribution in [0.15, 0.2) is 48.7 Å². The van der Waals surface area contributed by atoms with E-state index in [0.29, 0.717) is 12.6 Å². The Labute approximate surface area is 167 Å². The van der Waals surface area contributed by atoms with Gasteiger partial charge in [-0.25, -0.2) is 9.78 Å². The van der Waals surface area contributed by atoms with Crippen LogP contribution >= 0.6 is 0 Å². The highest BCUT2D eigenvalue weighted by Gasteiger charge is 2.20. The summed E-state index contributed by atoms with van der Waals surface area (Å²) in [5.41, 5.74) is 3.54. The van der Waals surface area contributed by atoms with Gasteiger partial charge in [0.2, 0.25) is 0 Å². The molecule has 0 unspecified atom stereocenters. The van der Waals surface area contributed by atoms with Crippen LogP contribution < -0.4 is 5.32 Å². The van der Waals surface area contributed by atoms with Crippen molar-refractivity contribution >= 4 is 17.9 Å². The van der Waals surface area contributed by atoms with Crippen molar-refractivity contribution in [1.29, 1.82) is 0 Å². The van der Waals surface area contributed by atoms with Gasteiger partial charge in [0.1, 0.15) is 5.82 Å². The summed E-state index contributed by atoms with van der Waals surface area (Å²) >= 11 is 0. The van der Waals surface area contributed by atoms with Crippen molar-refractivity contribution in [2.75, 3.05) is 25.0 Å². The second-order valence-corrected chi connectivity index (χ2v) is 7.27. The van der Waals surface area contributed by atoms with Crippen LogP contribution in [0.1, 0.15) is 36.5 Å². The van der Waals surface area contributed by atoms with Gasteiger partial charge in [0.05, 0.1) is 6.61 Å². The molecular weight excluding hydrogens is 350 g/mol. The molecular formula is C23H29N3O2. The van der Waals surface area contributed by atoms with Crippen molar-refractivity contribution in [1.82, 2.24) is 9.88 Å². The molecule has 2 heterocycles. The zero-order chi connectivity index (χ0) is 19.8. The third-order valence-electron chi connectivity index (χ3n) is 4.87. The first-order valence-electron chi connectivity index (χ1n) is 9.97. The number of piperidine rings is 1. The number of pyridine rings is 1. The van der Waals surface area contributed by atoms with Crippen LogP contribution in [0, 0.1) is 6.92 Å². The van der Waals surface area contributed by atoms with Gasteiger partial charge >= 0.3 is 5.97 Å². The summed E-state index contributed by atoms with van der Waals surface area (Å²) in [5, 5.41) is 3.55. The molecule has 0 radical (unpaired) electrons. The molecule has 3 rings (SSSR count). The van der Waals surface area contributed by atoms with Gasteiger partial charge in [-0.1, -0.05) is 29.8 Å². The Kier molecular flexibility index (Phi) is 7.20. The SMILES string of the molecule is CCOC(=O)/C=C/c1ccc(N[C@@H]2CCCN(Cc3ccc(C)cc3)C2)nc1. The van der Waals surface area contributed by atoms with Crippen molar-refractivity contribution in [3.8, 4) is 0 Å². The minimum absolute atomic E-state index is 0.333. The molecule has 148 valence electrons. The first-order chi connectivity index (χ1) is 13.6. The van der Waals surface area contributed by atoms with Gasteiger partial charge in [-0.2, -0.15) is 0 Å². The Bertz CT molecular complexity index is 784. The molecule has 5 nitrogen and oxygen atoms in total. The van der Waals surface area contributed by atoms with E-state index in [1.807, 2.05) is 12.1 Å². The molecule has 2 aromatic rings. The summed E-state index contributed by atoms with van der Waals surface area (Å²) in [6.45, 7) is 7.43. The first kappa shape index (κ1) is 20.1. The number of esters is 1. The van der Waals surface area contributed by atoms with Crippen molar-refractivity contribution in [3.63, 3.8) is 0 Å².